The van der Waals surface area contributed by atoms with Crippen LogP contribution in [0.3, 0.4) is 0 Å². The number of halogens is 2. The van der Waals surface area contributed by atoms with Crippen molar-refractivity contribution in [3.8, 4) is 5.75 Å². The Morgan fingerprint density at radius 2 is 2.04 bits per heavy atom. The van der Waals surface area contributed by atoms with Gasteiger partial charge in [0.1, 0.15) is 12.4 Å². The summed E-state index contributed by atoms with van der Waals surface area (Å²) in [7, 11) is 0. The van der Waals surface area contributed by atoms with Gasteiger partial charge >= 0.3 is 0 Å². The molecule has 2 heterocycles. The fourth-order valence-electron chi connectivity index (χ4n) is 3.11. The molecule has 0 saturated carbocycles. The lowest BCUT2D eigenvalue weighted by Gasteiger charge is -2.26. The molecule has 3 rings (SSSR count). The van der Waals surface area contributed by atoms with Gasteiger partial charge in [-0.1, -0.05) is 18.2 Å². The Kier molecular flexibility index (Phi) is 10.9. The molecule has 2 fully saturated rings. The smallest absolute Gasteiger partial charge is 0.237 e. The third kappa shape index (κ3) is 6.93. The normalized spacial score (nSPS) is 19.9. The molecule has 2 N–H and O–H groups in total. The van der Waals surface area contributed by atoms with Crippen molar-refractivity contribution >= 4 is 30.7 Å². The Morgan fingerprint density at radius 3 is 2.77 bits per heavy atom. The minimum Gasteiger partial charge on any atom is -0.492 e. The topological polar surface area (TPSA) is 62.8 Å². The van der Waals surface area contributed by atoms with Crippen LogP contribution in [0.2, 0.25) is 0 Å². The molecule has 0 aliphatic carbocycles. The molecule has 8 heteroatoms. The highest BCUT2D eigenvalue weighted by atomic mass is 35.5. The highest BCUT2D eigenvalue weighted by Gasteiger charge is 2.21. The first-order valence-corrected chi connectivity index (χ1v) is 8.85. The van der Waals surface area contributed by atoms with Crippen molar-refractivity contribution in [2.45, 2.75) is 25.4 Å². The lowest BCUT2D eigenvalue weighted by Crippen LogP contribution is -2.40. The van der Waals surface area contributed by atoms with Crippen molar-refractivity contribution in [1.82, 2.24) is 15.5 Å². The number of hydrogen-bond donors (Lipinski definition) is 2. The zero-order valence-corrected chi connectivity index (χ0v) is 16.6. The van der Waals surface area contributed by atoms with E-state index < -0.39 is 0 Å². The summed E-state index contributed by atoms with van der Waals surface area (Å²) in [6, 6.07) is 7.87. The van der Waals surface area contributed by atoms with Crippen LogP contribution in [-0.4, -0.2) is 62.8 Å². The standard InChI is InChI=1S/C18H27N3O3.2ClH/c22-18(16-5-3-7-19-16)20-14-15-4-1-2-6-17(15)24-13-10-21-8-11-23-12-9-21;;/h1-2,4,6,16,19H,3,5,7-14H2,(H,20,22);2*1H. The number of nitrogens with one attached hydrogen (secondary N) is 2. The molecule has 1 amide bonds. The first-order valence-electron chi connectivity index (χ1n) is 8.85. The Morgan fingerprint density at radius 1 is 1.27 bits per heavy atom. The van der Waals surface area contributed by atoms with E-state index in [2.05, 4.69) is 15.5 Å². The molecule has 1 aromatic rings. The Hall–Kier alpha value is -1.05. The molecule has 1 aromatic carbocycles. The number of nitrogens with zero attached hydrogens (tertiary/aromatic N) is 1. The predicted molar refractivity (Wildman–Crippen MR) is 107 cm³/mol. The van der Waals surface area contributed by atoms with Crippen LogP contribution < -0.4 is 15.4 Å². The Balaban J connectivity index is 0.00000169. The van der Waals surface area contributed by atoms with E-state index >= 15 is 0 Å². The minimum atomic E-state index is -0.0422. The number of ether oxygens (including phenoxy) is 2. The summed E-state index contributed by atoms with van der Waals surface area (Å²) in [5.41, 5.74) is 1.02. The predicted octanol–water partition coefficient (Wildman–Crippen LogP) is 1.61. The van der Waals surface area contributed by atoms with Gasteiger partial charge in [-0.15, -0.1) is 24.8 Å². The SMILES string of the molecule is Cl.Cl.O=C(NCc1ccccc1OCCN1CCOCC1)C1CCCN1. The van der Waals surface area contributed by atoms with Gasteiger partial charge in [0.15, 0.2) is 0 Å². The van der Waals surface area contributed by atoms with Crippen molar-refractivity contribution in [2.75, 3.05) is 46.0 Å². The minimum absolute atomic E-state index is 0. The van der Waals surface area contributed by atoms with Crippen molar-refractivity contribution in [2.24, 2.45) is 0 Å². The molecule has 26 heavy (non-hydrogen) atoms. The zero-order chi connectivity index (χ0) is 16.6. The van der Waals surface area contributed by atoms with E-state index in [0.717, 1.165) is 63.5 Å². The summed E-state index contributed by atoms with van der Waals surface area (Å²) in [5, 5.41) is 6.23. The summed E-state index contributed by atoms with van der Waals surface area (Å²) in [6.07, 6.45) is 1.99. The van der Waals surface area contributed by atoms with Crippen LogP contribution in [0.4, 0.5) is 0 Å². The van der Waals surface area contributed by atoms with E-state index in [-0.39, 0.29) is 36.8 Å². The summed E-state index contributed by atoms with van der Waals surface area (Å²) >= 11 is 0. The number of morpholine rings is 1. The Bertz CT molecular complexity index is 536. The number of carbonyl (C=O) groups is 1. The van der Waals surface area contributed by atoms with E-state index in [4.69, 9.17) is 9.47 Å². The third-order valence-electron chi connectivity index (χ3n) is 4.57. The second kappa shape index (κ2) is 12.4. The fourth-order valence-corrected chi connectivity index (χ4v) is 3.11. The molecule has 1 atom stereocenters. The molecule has 1 unspecified atom stereocenters. The van der Waals surface area contributed by atoms with Gasteiger partial charge < -0.3 is 20.1 Å². The monoisotopic (exact) mass is 405 g/mol. The molecule has 2 aliphatic heterocycles. The molecule has 0 spiro atoms. The van der Waals surface area contributed by atoms with Gasteiger partial charge in [-0.25, -0.2) is 0 Å². The van der Waals surface area contributed by atoms with E-state index in [1.54, 1.807) is 0 Å². The van der Waals surface area contributed by atoms with Crippen molar-refractivity contribution in [1.29, 1.82) is 0 Å². The van der Waals surface area contributed by atoms with Crippen molar-refractivity contribution in [3.05, 3.63) is 29.8 Å². The van der Waals surface area contributed by atoms with Gasteiger partial charge in [0.05, 0.1) is 19.3 Å². The van der Waals surface area contributed by atoms with E-state index in [1.165, 1.54) is 0 Å². The second-order valence-corrected chi connectivity index (χ2v) is 6.28. The van der Waals surface area contributed by atoms with Crippen LogP contribution in [0.25, 0.3) is 0 Å². The summed E-state index contributed by atoms with van der Waals surface area (Å²) in [5.74, 6) is 0.932. The fraction of sp³-hybridized carbons (Fsp3) is 0.611. The van der Waals surface area contributed by atoms with Crippen LogP contribution in [0, 0.1) is 0 Å². The van der Waals surface area contributed by atoms with Gasteiger partial charge in [0, 0.05) is 31.7 Å². The maximum Gasteiger partial charge on any atom is 0.237 e. The first kappa shape index (κ1) is 23.0. The van der Waals surface area contributed by atoms with Gasteiger partial charge in [0.2, 0.25) is 5.91 Å². The number of para-hydroxylation sites is 1. The van der Waals surface area contributed by atoms with Crippen LogP contribution in [-0.2, 0) is 16.1 Å². The largest absolute Gasteiger partial charge is 0.492 e. The first-order chi connectivity index (χ1) is 11.8. The molecule has 2 aliphatic rings. The zero-order valence-electron chi connectivity index (χ0n) is 14.9. The highest BCUT2D eigenvalue weighted by molar-refractivity contribution is 5.85. The van der Waals surface area contributed by atoms with Crippen molar-refractivity contribution in [3.63, 3.8) is 0 Å². The molecule has 0 aromatic heterocycles. The number of benzene rings is 1. The Labute approximate surface area is 167 Å². The molecule has 2 saturated heterocycles. The third-order valence-corrected chi connectivity index (χ3v) is 4.57. The van der Waals surface area contributed by atoms with Crippen molar-refractivity contribution < 1.29 is 14.3 Å². The lowest BCUT2D eigenvalue weighted by atomic mass is 10.2. The van der Waals surface area contributed by atoms with E-state index in [1.807, 2.05) is 24.3 Å². The van der Waals surface area contributed by atoms with Gasteiger partial charge in [-0.3, -0.25) is 9.69 Å². The number of rotatable bonds is 7. The summed E-state index contributed by atoms with van der Waals surface area (Å²) in [4.78, 5) is 14.5. The molecule has 0 bridgehead atoms. The number of hydrogen-bond acceptors (Lipinski definition) is 5. The number of amides is 1. The second-order valence-electron chi connectivity index (χ2n) is 6.28. The van der Waals surface area contributed by atoms with E-state index in [0.29, 0.717) is 13.2 Å². The van der Waals surface area contributed by atoms with Gasteiger partial charge in [-0.05, 0) is 25.5 Å². The number of carbonyl (C=O) groups excluding carboxylic acids is 1. The van der Waals surface area contributed by atoms with Crippen LogP contribution in [0.5, 0.6) is 5.75 Å². The lowest BCUT2D eigenvalue weighted by molar-refractivity contribution is -0.122. The van der Waals surface area contributed by atoms with Crippen LogP contribution in [0.15, 0.2) is 24.3 Å². The van der Waals surface area contributed by atoms with Crippen LogP contribution >= 0.6 is 24.8 Å². The van der Waals surface area contributed by atoms with Gasteiger partial charge in [-0.2, -0.15) is 0 Å². The quantitative estimate of drug-likeness (QED) is 0.721. The molecular formula is C18H29Cl2N3O3. The molecular weight excluding hydrogens is 377 g/mol. The maximum atomic E-state index is 12.1. The van der Waals surface area contributed by atoms with Gasteiger partial charge in [0.25, 0.3) is 0 Å². The highest BCUT2D eigenvalue weighted by Crippen LogP contribution is 2.18. The molecule has 6 nitrogen and oxygen atoms in total. The van der Waals surface area contributed by atoms with E-state index in [9.17, 15) is 4.79 Å². The summed E-state index contributed by atoms with van der Waals surface area (Å²) in [6.45, 7) is 6.52. The average Bonchev–Trinajstić information content (AvgIpc) is 3.16. The maximum absolute atomic E-state index is 12.1. The average molecular weight is 406 g/mol. The van der Waals surface area contributed by atoms with Crippen LogP contribution in [0.1, 0.15) is 18.4 Å². The molecule has 148 valence electrons. The summed E-state index contributed by atoms with van der Waals surface area (Å²) < 4.78 is 11.3. The molecule has 0 radical (unpaired) electrons.